The van der Waals surface area contributed by atoms with Crippen LogP contribution in [0.25, 0.3) is 0 Å². The lowest BCUT2D eigenvalue weighted by Gasteiger charge is -2.12. The number of anilines is 2. The van der Waals surface area contributed by atoms with Crippen LogP contribution < -0.4 is 20.1 Å². The Morgan fingerprint density at radius 1 is 0.871 bits per heavy atom. The second-order valence-electron chi connectivity index (χ2n) is 7.27. The third-order valence-electron chi connectivity index (χ3n) is 4.97. The first-order valence-corrected chi connectivity index (χ1v) is 9.92. The number of nitrogens with one attached hydrogen (secondary N) is 2. The molecule has 0 saturated carbocycles. The Morgan fingerprint density at radius 3 is 2.32 bits per heavy atom. The normalized spacial score (nSPS) is 10.3. The summed E-state index contributed by atoms with van der Waals surface area (Å²) in [6.45, 7) is 5.77. The van der Waals surface area contributed by atoms with E-state index >= 15 is 0 Å². The van der Waals surface area contributed by atoms with Crippen molar-refractivity contribution in [2.24, 2.45) is 0 Å². The summed E-state index contributed by atoms with van der Waals surface area (Å²) >= 11 is 0. The second-order valence-corrected chi connectivity index (χ2v) is 7.27. The first-order chi connectivity index (χ1) is 14.9. The summed E-state index contributed by atoms with van der Waals surface area (Å²) in [7, 11) is 1.56. The fraction of sp³-hybridized carbons (Fsp3) is 0.200. The van der Waals surface area contributed by atoms with Crippen LogP contribution in [0, 0.1) is 20.8 Å². The van der Waals surface area contributed by atoms with Crippen LogP contribution >= 0.6 is 0 Å². The predicted octanol–water partition coefficient (Wildman–Crippen LogP) is 4.89. The lowest BCUT2D eigenvalue weighted by molar-refractivity contribution is -0.118. The molecule has 3 aromatic carbocycles. The molecule has 0 atom stereocenters. The average molecular weight is 418 g/mol. The molecule has 0 aliphatic rings. The van der Waals surface area contributed by atoms with Gasteiger partial charge in [0.2, 0.25) is 0 Å². The Labute approximate surface area is 182 Å². The van der Waals surface area contributed by atoms with Crippen LogP contribution in [0.15, 0.2) is 60.7 Å². The molecule has 0 aliphatic carbocycles. The van der Waals surface area contributed by atoms with Gasteiger partial charge in [-0.3, -0.25) is 9.59 Å². The van der Waals surface area contributed by atoms with Crippen LogP contribution in [-0.2, 0) is 4.79 Å². The van der Waals surface area contributed by atoms with E-state index < -0.39 is 0 Å². The topological polar surface area (TPSA) is 76.7 Å². The molecular formula is C25H26N2O4. The van der Waals surface area contributed by atoms with Gasteiger partial charge in [-0.25, -0.2) is 0 Å². The van der Waals surface area contributed by atoms with Gasteiger partial charge in [0.25, 0.3) is 11.8 Å². The van der Waals surface area contributed by atoms with E-state index in [0.717, 1.165) is 22.4 Å². The molecule has 6 nitrogen and oxygen atoms in total. The Kier molecular flexibility index (Phi) is 6.92. The van der Waals surface area contributed by atoms with Gasteiger partial charge < -0.3 is 20.1 Å². The molecule has 0 spiro atoms. The maximum Gasteiger partial charge on any atom is 0.262 e. The van der Waals surface area contributed by atoms with Crippen LogP contribution in [0.2, 0.25) is 0 Å². The maximum atomic E-state index is 12.6. The van der Waals surface area contributed by atoms with Gasteiger partial charge in [-0.15, -0.1) is 0 Å². The van der Waals surface area contributed by atoms with Crippen molar-refractivity contribution < 1.29 is 19.1 Å². The molecule has 0 radical (unpaired) electrons. The van der Waals surface area contributed by atoms with Crippen LogP contribution in [0.1, 0.15) is 27.0 Å². The number of hydrogen-bond donors (Lipinski definition) is 2. The summed E-state index contributed by atoms with van der Waals surface area (Å²) in [4.78, 5) is 24.8. The number of rotatable bonds is 7. The van der Waals surface area contributed by atoms with E-state index in [0.29, 0.717) is 22.7 Å². The van der Waals surface area contributed by atoms with Gasteiger partial charge in [-0.2, -0.15) is 0 Å². The summed E-state index contributed by atoms with van der Waals surface area (Å²) in [6, 6.07) is 17.9. The molecule has 2 amide bonds. The van der Waals surface area contributed by atoms with E-state index in [9.17, 15) is 9.59 Å². The summed E-state index contributed by atoms with van der Waals surface area (Å²) in [5, 5.41) is 5.71. The highest BCUT2D eigenvalue weighted by atomic mass is 16.5. The van der Waals surface area contributed by atoms with Gasteiger partial charge in [0.05, 0.1) is 12.8 Å². The van der Waals surface area contributed by atoms with E-state index in [4.69, 9.17) is 9.47 Å². The van der Waals surface area contributed by atoms with Gasteiger partial charge in [0, 0.05) is 11.3 Å². The summed E-state index contributed by atoms with van der Waals surface area (Å²) in [5.74, 6) is 0.583. The minimum Gasteiger partial charge on any atom is -0.495 e. The predicted molar refractivity (Wildman–Crippen MR) is 122 cm³/mol. The third-order valence-corrected chi connectivity index (χ3v) is 4.97. The minimum atomic E-state index is -0.261. The van der Waals surface area contributed by atoms with Crippen molar-refractivity contribution in [2.75, 3.05) is 24.4 Å². The van der Waals surface area contributed by atoms with E-state index in [1.54, 1.807) is 31.4 Å². The molecule has 0 fully saturated rings. The van der Waals surface area contributed by atoms with Crippen molar-refractivity contribution in [3.8, 4) is 11.5 Å². The lowest BCUT2D eigenvalue weighted by Crippen LogP contribution is -2.20. The SMILES string of the molecule is COc1ccc(C)cc1NC(=O)c1ccc(OCC(=O)Nc2cccc(C)c2C)cc1. The Hall–Kier alpha value is -3.80. The monoisotopic (exact) mass is 418 g/mol. The van der Waals surface area contributed by atoms with Gasteiger partial charge in [-0.1, -0.05) is 18.2 Å². The Balaban J connectivity index is 1.57. The second kappa shape index (κ2) is 9.80. The lowest BCUT2D eigenvalue weighted by atomic mass is 10.1. The molecule has 0 heterocycles. The molecule has 6 heteroatoms. The number of amides is 2. The zero-order valence-electron chi connectivity index (χ0n) is 18.1. The molecular weight excluding hydrogens is 392 g/mol. The highest BCUT2D eigenvalue weighted by Crippen LogP contribution is 2.26. The highest BCUT2D eigenvalue weighted by Gasteiger charge is 2.11. The number of aryl methyl sites for hydroxylation is 2. The Morgan fingerprint density at radius 2 is 1.61 bits per heavy atom. The van der Waals surface area contributed by atoms with E-state index in [-0.39, 0.29) is 18.4 Å². The fourth-order valence-electron chi connectivity index (χ4n) is 3.04. The Bertz CT molecular complexity index is 1090. The first-order valence-electron chi connectivity index (χ1n) is 9.92. The smallest absolute Gasteiger partial charge is 0.262 e. The first kappa shape index (κ1) is 21.9. The zero-order chi connectivity index (χ0) is 22.4. The van der Waals surface area contributed by atoms with Crippen LogP contribution in [0.4, 0.5) is 11.4 Å². The standard InChI is InChI=1S/C25H26N2O4/c1-16-8-13-23(30-4)22(14-16)27-25(29)19-9-11-20(12-10-19)31-15-24(28)26-21-7-5-6-17(2)18(21)3/h5-14H,15H2,1-4H3,(H,26,28)(H,27,29). The zero-order valence-corrected chi connectivity index (χ0v) is 18.1. The fourth-order valence-corrected chi connectivity index (χ4v) is 3.04. The molecule has 0 saturated heterocycles. The molecule has 3 rings (SSSR count). The largest absolute Gasteiger partial charge is 0.495 e. The van der Waals surface area contributed by atoms with Crippen LogP contribution in [0.3, 0.4) is 0 Å². The molecule has 31 heavy (non-hydrogen) atoms. The van der Waals surface area contributed by atoms with E-state index in [2.05, 4.69) is 10.6 Å². The summed E-state index contributed by atoms with van der Waals surface area (Å²) in [5.41, 5.74) is 4.99. The molecule has 0 aliphatic heterocycles. The average Bonchev–Trinajstić information content (AvgIpc) is 2.76. The quantitative estimate of drug-likeness (QED) is 0.573. The van der Waals surface area contributed by atoms with E-state index in [1.165, 1.54) is 0 Å². The number of methoxy groups -OCH3 is 1. The molecule has 0 aromatic heterocycles. The molecule has 0 bridgehead atoms. The molecule has 3 aromatic rings. The van der Waals surface area contributed by atoms with Gasteiger partial charge in [-0.05, 0) is 79.9 Å². The van der Waals surface area contributed by atoms with Crippen molar-refractivity contribution in [1.82, 2.24) is 0 Å². The number of carbonyl (C=O) groups is 2. The van der Waals surface area contributed by atoms with Crippen molar-refractivity contribution >= 4 is 23.2 Å². The van der Waals surface area contributed by atoms with Crippen molar-refractivity contribution in [3.05, 3.63) is 82.9 Å². The maximum absolute atomic E-state index is 12.6. The minimum absolute atomic E-state index is 0.126. The summed E-state index contributed by atoms with van der Waals surface area (Å²) < 4.78 is 10.8. The molecule has 0 unspecified atom stereocenters. The number of hydrogen-bond acceptors (Lipinski definition) is 4. The van der Waals surface area contributed by atoms with Crippen LogP contribution in [-0.4, -0.2) is 25.5 Å². The van der Waals surface area contributed by atoms with Gasteiger partial charge >= 0.3 is 0 Å². The summed E-state index contributed by atoms with van der Waals surface area (Å²) in [6.07, 6.45) is 0. The molecule has 160 valence electrons. The number of carbonyl (C=O) groups excluding carboxylic acids is 2. The van der Waals surface area contributed by atoms with Gasteiger partial charge in [0.15, 0.2) is 6.61 Å². The van der Waals surface area contributed by atoms with Crippen molar-refractivity contribution in [1.29, 1.82) is 0 Å². The van der Waals surface area contributed by atoms with E-state index in [1.807, 2.05) is 57.2 Å². The third kappa shape index (κ3) is 5.63. The number of benzene rings is 3. The van der Waals surface area contributed by atoms with Crippen LogP contribution in [0.5, 0.6) is 11.5 Å². The molecule has 2 N–H and O–H groups in total. The number of ether oxygens (including phenoxy) is 2. The van der Waals surface area contributed by atoms with Crippen molar-refractivity contribution in [3.63, 3.8) is 0 Å². The van der Waals surface area contributed by atoms with Crippen molar-refractivity contribution in [2.45, 2.75) is 20.8 Å². The van der Waals surface area contributed by atoms with Gasteiger partial charge in [0.1, 0.15) is 11.5 Å². The highest BCUT2D eigenvalue weighted by molar-refractivity contribution is 6.05.